The van der Waals surface area contributed by atoms with E-state index in [0.29, 0.717) is 17.3 Å². The van der Waals surface area contributed by atoms with Crippen molar-refractivity contribution in [2.75, 3.05) is 0 Å². The van der Waals surface area contributed by atoms with Gasteiger partial charge in [-0.05, 0) is 17.5 Å². The Kier molecular flexibility index (Phi) is 6.07. The highest BCUT2D eigenvalue weighted by Gasteiger charge is 2.24. The van der Waals surface area contributed by atoms with E-state index in [2.05, 4.69) is 10.4 Å². The smallest absolute Gasteiger partial charge is 0.326 e. The fraction of sp³-hybridized carbons (Fsp3) is 0.273. The number of carbonyl (C=O) groups is 2. The molecule has 0 saturated carbocycles. The predicted octanol–water partition coefficient (Wildman–Crippen LogP) is 2.48. The van der Waals surface area contributed by atoms with E-state index in [1.54, 1.807) is 36.4 Å². The van der Waals surface area contributed by atoms with Gasteiger partial charge in [0.15, 0.2) is 5.69 Å². The summed E-state index contributed by atoms with van der Waals surface area (Å²) in [6.07, 6.45) is 0.144. The first kappa shape index (κ1) is 20.3. The van der Waals surface area contributed by atoms with Crippen LogP contribution in [0.25, 0.3) is 10.8 Å². The topological polar surface area (TPSA) is 101 Å². The van der Waals surface area contributed by atoms with Crippen LogP contribution in [-0.2, 0) is 17.8 Å². The molecule has 1 unspecified atom stereocenters. The Bertz CT molecular complexity index is 1090. The minimum atomic E-state index is -1.14. The van der Waals surface area contributed by atoms with Crippen molar-refractivity contribution < 1.29 is 14.7 Å². The summed E-state index contributed by atoms with van der Waals surface area (Å²) < 4.78 is 1.27. The third-order valence-corrected chi connectivity index (χ3v) is 4.51. The molecule has 2 aromatic carbocycles. The van der Waals surface area contributed by atoms with Gasteiger partial charge in [0.25, 0.3) is 11.5 Å². The molecule has 0 aliphatic rings. The quantitative estimate of drug-likeness (QED) is 0.642. The van der Waals surface area contributed by atoms with Crippen LogP contribution in [0.15, 0.2) is 59.4 Å². The molecule has 0 spiro atoms. The summed E-state index contributed by atoms with van der Waals surface area (Å²) in [5, 5.41) is 17.2. The van der Waals surface area contributed by atoms with Gasteiger partial charge in [0.05, 0.1) is 5.39 Å². The highest BCUT2D eigenvalue weighted by atomic mass is 16.4. The average molecular weight is 393 g/mol. The Morgan fingerprint density at radius 1 is 1.03 bits per heavy atom. The number of fused-ring (bicyclic) bond motifs is 1. The summed E-state index contributed by atoms with van der Waals surface area (Å²) in [4.78, 5) is 37.4. The Balaban J connectivity index is 1.97. The summed E-state index contributed by atoms with van der Waals surface area (Å²) in [5.74, 6) is -1.61. The lowest BCUT2D eigenvalue weighted by Crippen LogP contribution is -2.43. The first-order chi connectivity index (χ1) is 13.9. The fourth-order valence-electron chi connectivity index (χ4n) is 3.15. The minimum Gasteiger partial charge on any atom is -0.480 e. The van der Waals surface area contributed by atoms with Crippen molar-refractivity contribution in [3.63, 3.8) is 0 Å². The third kappa shape index (κ3) is 4.68. The van der Waals surface area contributed by atoms with Gasteiger partial charge in [0.1, 0.15) is 6.04 Å². The summed E-state index contributed by atoms with van der Waals surface area (Å²) in [5.41, 5.74) is 0.563. The van der Waals surface area contributed by atoms with Crippen LogP contribution >= 0.6 is 0 Å². The largest absolute Gasteiger partial charge is 0.480 e. The molecular formula is C22H23N3O4. The molecule has 2 N–H and O–H groups in total. The number of aromatic nitrogens is 2. The van der Waals surface area contributed by atoms with Gasteiger partial charge in [-0.2, -0.15) is 5.10 Å². The number of benzene rings is 2. The van der Waals surface area contributed by atoms with Gasteiger partial charge in [0, 0.05) is 18.4 Å². The molecule has 0 aliphatic carbocycles. The number of hydrogen-bond acceptors (Lipinski definition) is 4. The zero-order valence-electron chi connectivity index (χ0n) is 16.3. The van der Waals surface area contributed by atoms with Crippen LogP contribution in [0.2, 0.25) is 0 Å². The molecule has 7 nitrogen and oxygen atoms in total. The maximum Gasteiger partial charge on any atom is 0.326 e. The van der Waals surface area contributed by atoms with Crippen LogP contribution < -0.4 is 10.9 Å². The lowest BCUT2D eigenvalue weighted by molar-refractivity contribution is -0.139. The second kappa shape index (κ2) is 8.68. The van der Waals surface area contributed by atoms with Crippen LogP contribution in [-0.4, -0.2) is 32.8 Å². The van der Waals surface area contributed by atoms with E-state index in [-0.39, 0.29) is 23.6 Å². The third-order valence-electron chi connectivity index (χ3n) is 4.51. The van der Waals surface area contributed by atoms with Gasteiger partial charge in [-0.25, -0.2) is 9.48 Å². The van der Waals surface area contributed by atoms with Crippen molar-refractivity contribution in [1.29, 1.82) is 0 Å². The Labute approximate surface area is 168 Å². The van der Waals surface area contributed by atoms with Crippen LogP contribution in [0.4, 0.5) is 0 Å². The van der Waals surface area contributed by atoms with Gasteiger partial charge < -0.3 is 10.4 Å². The molecule has 0 saturated heterocycles. The van der Waals surface area contributed by atoms with E-state index in [4.69, 9.17) is 0 Å². The summed E-state index contributed by atoms with van der Waals surface area (Å²) in [7, 11) is 0. The second-order valence-corrected chi connectivity index (χ2v) is 7.33. The molecule has 1 heterocycles. The van der Waals surface area contributed by atoms with Crippen molar-refractivity contribution in [3.05, 3.63) is 76.2 Å². The van der Waals surface area contributed by atoms with Crippen LogP contribution in [0, 0.1) is 5.92 Å². The van der Waals surface area contributed by atoms with E-state index < -0.39 is 17.9 Å². The molecule has 1 amide bonds. The molecule has 0 aliphatic heterocycles. The van der Waals surface area contributed by atoms with E-state index >= 15 is 0 Å². The number of nitrogens with zero attached hydrogens (tertiary/aromatic N) is 2. The highest BCUT2D eigenvalue weighted by molar-refractivity contribution is 6.05. The molecular weight excluding hydrogens is 370 g/mol. The number of hydrogen-bond donors (Lipinski definition) is 2. The number of carbonyl (C=O) groups excluding carboxylic acids is 1. The molecule has 7 heteroatoms. The second-order valence-electron chi connectivity index (χ2n) is 7.33. The van der Waals surface area contributed by atoms with Crippen LogP contribution in [0.1, 0.15) is 29.9 Å². The van der Waals surface area contributed by atoms with Crippen molar-refractivity contribution in [1.82, 2.24) is 15.1 Å². The predicted molar refractivity (Wildman–Crippen MR) is 110 cm³/mol. The van der Waals surface area contributed by atoms with E-state index in [1.165, 1.54) is 4.68 Å². The van der Waals surface area contributed by atoms with E-state index in [0.717, 1.165) is 5.56 Å². The van der Waals surface area contributed by atoms with Crippen molar-refractivity contribution >= 4 is 22.6 Å². The highest BCUT2D eigenvalue weighted by Crippen LogP contribution is 2.14. The summed E-state index contributed by atoms with van der Waals surface area (Å²) >= 11 is 0. The number of carboxylic acid groups (broad SMARTS) is 1. The Hall–Kier alpha value is -3.48. The standard InChI is InChI=1S/C22H23N3O4/c1-14(2)13-25-21(27)17-11-7-6-10-16(17)19(24-25)20(26)23-18(22(28)29)12-15-8-4-3-5-9-15/h3-11,14,18H,12-13H2,1-2H3,(H,23,26)(H,28,29). The first-order valence-electron chi connectivity index (χ1n) is 9.44. The molecule has 0 fully saturated rings. The number of rotatable bonds is 7. The van der Waals surface area contributed by atoms with Crippen LogP contribution in [0.3, 0.4) is 0 Å². The molecule has 3 aromatic rings. The van der Waals surface area contributed by atoms with Gasteiger partial charge in [-0.3, -0.25) is 9.59 Å². The number of aliphatic carboxylic acids is 1. The van der Waals surface area contributed by atoms with E-state index in [9.17, 15) is 19.5 Å². The Morgan fingerprint density at radius 2 is 1.66 bits per heavy atom. The number of nitrogens with one attached hydrogen (secondary N) is 1. The van der Waals surface area contributed by atoms with Gasteiger partial charge >= 0.3 is 5.97 Å². The normalized spacial score (nSPS) is 12.1. The minimum absolute atomic E-state index is 0.0418. The number of carboxylic acids is 1. The first-order valence-corrected chi connectivity index (χ1v) is 9.44. The molecule has 1 aromatic heterocycles. The van der Waals surface area contributed by atoms with E-state index in [1.807, 2.05) is 32.0 Å². The maximum absolute atomic E-state index is 13.0. The van der Waals surface area contributed by atoms with Crippen molar-refractivity contribution in [2.24, 2.45) is 5.92 Å². The Morgan fingerprint density at radius 3 is 2.28 bits per heavy atom. The summed E-state index contributed by atoms with van der Waals surface area (Å²) in [6, 6.07) is 14.7. The SMILES string of the molecule is CC(C)Cn1nc(C(=O)NC(Cc2ccccc2)C(=O)O)c2ccccc2c1=O. The zero-order valence-corrected chi connectivity index (χ0v) is 16.3. The van der Waals surface area contributed by atoms with Gasteiger partial charge in [-0.1, -0.05) is 62.4 Å². The lowest BCUT2D eigenvalue weighted by atomic mass is 10.1. The molecule has 3 rings (SSSR count). The average Bonchev–Trinajstić information content (AvgIpc) is 2.70. The molecule has 0 bridgehead atoms. The fourth-order valence-corrected chi connectivity index (χ4v) is 3.15. The van der Waals surface area contributed by atoms with Gasteiger partial charge in [0.2, 0.25) is 0 Å². The van der Waals surface area contributed by atoms with Crippen molar-refractivity contribution in [3.8, 4) is 0 Å². The monoisotopic (exact) mass is 393 g/mol. The summed E-state index contributed by atoms with van der Waals surface area (Å²) in [6.45, 7) is 4.25. The maximum atomic E-state index is 13.0. The van der Waals surface area contributed by atoms with Crippen LogP contribution in [0.5, 0.6) is 0 Å². The lowest BCUT2D eigenvalue weighted by Gasteiger charge is -2.16. The molecule has 0 radical (unpaired) electrons. The molecule has 29 heavy (non-hydrogen) atoms. The van der Waals surface area contributed by atoms with Gasteiger partial charge in [-0.15, -0.1) is 0 Å². The van der Waals surface area contributed by atoms with Crippen molar-refractivity contribution in [2.45, 2.75) is 32.9 Å². The number of amides is 1. The molecule has 150 valence electrons. The molecule has 1 atom stereocenters. The zero-order chi connectivity index (χ0) is 21.0.